The Balaban J connectivity index is 2.45. The molecular weight excluding hydrogens is 214 g/mol. The number of pyridine rings is 1. The molecule has 15 heavy (non-hydrogen) atoms. The number of halogens is 1. The third kappa shape index (κ3) is 2.00. The van der Waals surface area contributed by atoms with Crippen molar-refractivity contribution in [3.05, 3.63) is 40.8 Å². The van der Waals surface area contributed by atoms with Crippen molar-refractivity contribution in [2.24, 2.45) is 0 Å². The minimum Gasteiger partial charge on any atom is -0.392 e. The van der Waals surface area contributed by atoms with Crippen molar-refractivity contribution >= 4 is 11.6 Å². The van der Waals surface area contributed by atoms with Crippen LogP contribution in [0, 0.1) is 6.92 Å². The quantitative estimate of drug-likeness (QED) is 0.844. The molecule has 0 radical (unpaired) electrons. The molecule has 2 heterocycles. The lowest BCUT2D eigenvalue weighted by Gasteiger charge is -2.05. The highest BCUT2D eigenvalue weighted by Crippen LogP contribution is 2.14. The molecule has 2 aromatic rings. The molecule has 0 saturated heterocycles. The molecule has 0 aliphatic heterocycles. The van der Waals surface area contributed by atoms with Gasteiger partial charge in [-0.1, -0.05) is 11.6 Å². The monoisotopic (exact) mass is 223 g/mol. The largest absolute Gasteiger partial charge is 0.392 e. The normalized spacial score (nSPS) is 10.6. The van der Waals surface area contributed by atoms with Crippen LogP contribution in [0.5, 0.6) is 0 Å². The lowest BCUT2D eigenvalue weighted by molar-refractivity contribution is 0.281. The Morgan fingerprint density at radius 1 is 1.47 bits per heavy atom. The van der Waals surface area contributed by atoms with Gasteiger partial charge in [-0.25, -0.2) is 9.67 Å². The first-order valence-corrected chi connectivity index (χ1v) is 4.85. The SMILES string of the molecule is Cc1cc(CO)cnc1-n1cc(Cl)cn1. The second kappa shape index (κ2) is 4.00. The van der Waals surface area contributed by atoms with Crippen LogP contribution >= 0.6 is 11.6 Å². The van der Waals surface area contributed by atoms with Gasteiger partial charge in [-0.2, -0.15) is 5.10 Å². The maximum Gasteiger partial charge on any atom is 0.156 e. The molecule has 2 aromatic heterocycles. The standard InChI is InChI=1S/C10H10ClN3O/c1-7-2-8(6-15)3-12-10(7)14-5-9(11)4-13-14/h2-5,15H,6H2,1H3. The van der Waals surface area contributed by atoms with Gasteiger partial charge in [0.05, 0.1) is 24.0 Å². The van der Waals surface area contributed by atoms with Gasteiger partial charge < -0.3 is 5.11 Å². The molecule has 0 saturated carbocycles. The molecule has 0 bridgehead atoms. The molecule has 78 valence electrons. The Morgan fingerprint density at radius 2 is 2.27 bits per heavy atom. The molecule has 0 fully saturated rings. The van der Waals surface area contributed by atoms with E-state index in [0.29, 0.717) is 5.02 Å². The summed E-state index contributed by atoms with van der Waals surface area (Å²) < 4.78 is 1.61. The lowest BCUT2D eigenvalue weighted by atomic mass is 10.2. The van der Waals surface area contributed by atoms with Crippen LogP contribution in [0.3, 0.4) is 0 Å². The molecule has 0 amide bonds. The summed E-state index contributed by atoms with van der Waals surface area (Å²) in [6.07, 6.45) is 4.87. The first-order valence-electron chi connectivity index (χ1n) is 4.47. The summed E-state index contributed by atoms with van der Waals surface area (Å²) in [5, 5.41) is 13.6. The summed E-state index contributed by atoms with van der Waals surface area (Å²) in [5.41, 5.74) is 1.73. The highest BCUT2D eigenvalue weighted by molar-refractivity contribution is 6.30. The number of hydrogen-bond donors (Lipinski definition) is 1. The van der Waals surface area contributed by atoms with E-state index in [4.69, 9.17) is 16.7 Å². The van der Waals surface area contributed by atoms with Crippen LogP contribution < -0.4 is 0 Å². The number of aliphatic hydroxyl groups is 1. The number of hydrogen-bond acceptors (Lipinski definition) is 3. The molecule has 0 spiro atoms. The maximum absolute atomic E-state index is 8.94. The van der Waals surface area contributed by atoms with Crippen LogP contribution in [0.1, 0.15) is 11.1 Å². The average molecular weight is 224 g/mol. The van der Waals surface area contributed by atoms with Crippen LogP contribution in [0.2, 0.25) is 5.02 Å². The summed E-state index contributed by atoms with van der Waals surface area (Å²) in [6.45, 7) is 1.91. The van der Waals surface area contributed by atoms with E-state index in [-0.39, 0.29) is 6.61 Å². The highest BCUT2D eigenvalue weighted by Gasteiger charge is 2.05. The Kier molecular flexibility index (Phi) is 2.70. The van der Waals surface area contributed by atoms with Crippen molar-refractivity contribution < 1.29 is 5.11 Å². The van der Waals surface area contributed by atoms with Gasteiger partial charge in [0.2, 0.25) is 0 Å². The summed E-state index contributed by atoms with van der Waals surface area (Å²) in [4.78, 5) is 4.21. The van der Waals surface area contributed by atoms with Gasteiger partial charge in [-0.15, -0.1) is 0 Å². The minimum absolute atomic E-state index is 0.00597. The maximum atomic E-state index is 8.94. The summed E-state index contributed by atoms with van der Waals surface area (Å²) in [6, 6.07) is 1.87. The van der Waals surface area contributed by atoms with E-state index in [1.54, 1.807) is 23.3 Å². The Hall–Kier alpha value is -1.39. The van der Waals surface area contributed by atoms with E-state index < -0.39 is 0 Å². The summed E-state index contributed by atoms with van der Waals surface area (Å²) in [5.74, 6) is 0.721. The third-order valence-electron chi connectivity index (χ3n) is 2.06. The number of aliphatic hydroxyl groups excluding tert-OH is 1. The topological polar surface area (TPSA) is 50.9 Å². The number of rotatable bonds is 2. The van der Waals surface area contributed by atoms with E-state index in [0.717, 1.165) is 16.9 Å². The van der Waals surface area contributed by atoms with Gasteiger partial charge >= 0.3 is 0 Å². The van der Waals surface area contributed by atoms with Crippen LogP contribution in [-0.2, 0) is 6.61 Å². The fraction of sp³-hybridized carbons (Fsp3) is 0.200. The first kappa shape index (κ1) is 10.1. The van der Waals surface area contributed by atoms with E-state index in [9.17, 15) is 0 Å². The van der Waals surface area contributed by atoms with Crippen LogP contribution in [0.4, 0.5) is 0 Å². The third-order valence-corrected chi connectivity index (χ3v) is 2.25. The van der Waals surface area contributed by atoms with Crippen LogP contribution in [0.25, 0.3) is 5.82 Å². The second-order valence-electron chi connectivity index (χ2n) is 3.25. The predicted octanol–water partition coefficient (Wildman–Crippen LogP) is 1.72. The van der Waals surface area contributed by atoms with Crippen molar-refractivity contribution in [1.82, 2.24) is 14.8 Å². The van der Waals surface area contributed by atoms with E-state index in [1.807, 2.05) is 13.0 Å². The van der Waals surface area contributed by atoms with E-state index in [1.165, 1.54) is 0 Å². The van der Waals surface area contributed by atoms with Gasteiger partial charge in [-0.05, 0) is 24.1 Å². The smallest absolute Gasteiger partial charge is 0.156 e. The van der Waals surface area contributed by atoms with Gasteiger partial charge in [0.15, 0.2) is 5.82 Å². The number of nitrogens with zero attached hydrogens (tertiary/aromatic N) is 3. The average Bonchev–Trinajstić information content (AvgIpc) is 2.64. The molecule has 0 atom stereocenters. The molecule has 1 N–H and O–H groups in total. The first-order chi connectivity index (χ1) is 7.20. The fourth-order valence-corrected chi connectivity index (χ4v) is 1.50. The Morgan fingerprint density at radius 3 is 2.80 bits per heavy atom. The van der Waals surface area contributed by atoms with Gasteiger partial charge in [0.25, 0.3) is 0 Å². The fourth-order valence-electron chi connectivity index (χ4n) is 1.37. The molecule has 0 aliphatic rings. The van der Waals surface area contributed by atoms with Crippen molar-refractivity contribution in [3.8, 4) is 5.82 Å². The van der Waals surface area contributed by atoms with Gasteiger partial charge in [-0.3, -0.25) is 0 Å². The zero-order valence-corrected chi connectivity index (χ0v) is 8.94. The molecule has 4 nitrogen and oxygen atoms in total. The summed E-state index contributed by atoms with van der Waals surface area (Å²) in [7, 11) is 0. The lowest BCUT2D eigenvalue weighted by Crippen LogP contribution is -2.01. The zero-order valence-electron chi connectivity index (χ0n) is 8.18. The van der Waals surface area contributed by atoms with Gasteiger partial charge in [0.1, 0.15) is 0 Å². The molecule has 5 heteroatoms. The van der Waals surface area contributed by atoms with Crippen molar-refractivity contribution in [2.75, 3.05) is 0 Å². The molecule has 0 unspecified atom stereocenters. The second-order valence-corrected chi connectivity index (χ2v) is 3.68. The van der Waals surface area contributed by atoms with Gasteiger partial charge in [0, 0.05) is 6.20 Å². The number of aryl methyl sites for hydroxylation is 1. The zero-order chi connectivity index (χ0) is 10.8. The molecule has 0 aromatic carbocycles. The summed E-state index contributed by atoms with van der Waals surface area (Å²) >= 11 is 5.77. The predicted molar refractivity (Wildman–Crippen MR) is 57.0 cm³/mol. The van der Waals surface area contributed by atoms with E-state index >= 15 is 0 Å². The Labute approximate surface area is 92.1 Å². The molecular formula is C10H10ClN3O. The minimum atomic E-state index is -0.00597. The van der Waals surface area contributed by atoms with Crippen LogP contribution in [0.15, 0.2) is 24.7 Å². The molecule has 0 aliphatic carbocycles. The number of aromatic nitrogens is 3. The van der Waals surface area contributed by atoms with Crippen molar-refractivity contribution in [3.63, 3.8) is 0 Å². The molecule has 2 rings (SSSR count). The highest BCUT2D eigenvalue weighted by atomic mass is 35.5. The van der Waals surface area contributed by atoms with E-state index in [2.05, 4.69) is 10.1 Å². The van der Waals surface area contributed by atoms with Crippen LogP contribution in [-0.4, -0.2) is 19.9 Å². The van der Waals surface area contributed by atoms with Crippen molar-refractivity contribution in [1.29, 1.82) is 0 Å². The van der Waals surface area contributed by atoms with Crippen molar-refractivity contribution in [2.45, 2.75) is 13.5 Å². The Bertz CT molecular complexity index is 481.